The second-order valence-electron chi connectivity index (χ2n) is 7.99. The van der Waals surface area contributed by atoms with Gasteiger partial charge in [0.1, 0.15) is 17.1 Å². The summed E-state index contributed by atoms with van der Waals surface area (Å²) in [6.45, 7) is 0.757. The Morgan fingerprint density at radius 3 is 2.60 bits per heavy atom. The summed E-state index contributed by atoms with van der Waals surface area (Å²) in [6, 6.07) is 13.4. The minimum atomic E-state index is -0.338. The smallest absolute Gasteiger partial charge is 0.315 e. The SMILES string of the molecule is NC(=O)N1C2CCC1CC(NCc1ccc(Oc3nc4c(F)cccc4s3)cc1)C2. The van der Waals surface area contributed by atoms with Crippen molar-refractivity contribution in [1.29, 1.82) is 0 Å². The number of ether oxygens (including phenoxy) is 1. The van der Waals surface area contributed by atoms with Crippen LogP contribution in [-0.4, -0.2) is 34.0 Å². The first-order chi connectivity index (χ1) is 14.6. The van der Waals surface area contributed by atoms with Gasteiger partial charge in [0.15, 0.2) is 0 Å². The van der Waals surface area contributed by atoms with E-state index < -0.39 is 0 Å². The number of hydrogen-bond donors (Lipinski definition) is 2. The van der Waals surface area contributed by atoms with Crippen LogP contribution in [0.3, 0.4) is 0 Å². The summed E-state index contributed by atoms with van der Waals surface area (Å²) in [5.74, 6) is 0.334. The summed E-state index contributed by atoms with van der Waals surface area (Å²) < 4.78 is 20.4. The molecule has 8 heteroatoms. The third-order valence-electron chi connectivity index (χ3n) is 6.06. The number of piperidine rings is 1. The molecule has 6 nitrogen and oxygen atoms in total. The van der Waals surface area contributed by atoms with E-state index in [1.807, 2.05) is 35.2 Å². The van der Waals surface area contributed by atoms with E-state index in [0.29, 0.717) is 22.5 Å². The molecular formula is C22H23FN4O2S. The second-order valence-corrected chi connectivity index (χ2v) is 8.99. The van der Waals surface area contributed by atoms with Crippen molar-refractivity contribution in [3.63, 3.8) is 0 Å². The van der Waals surface area contributed by atoms with Gasteiger partial charge in [-0.15, -0.1) is 0 Å². The number of para-hydroxylation sites is 1. The number of benzene rings is 2. The number of nitrogens with two attached hydrogens (primary N) is 1. The van der Waals surface area contributed by atoms with Crippen LogP contribution in [0.2, 0.25) is 0 Å². The van der Waals surface area contributed by atoms with Crippen LogP contribution in [0.5, 0.6) is 10.9 Å². The molecule has 2 unspecified atom stereocenters. The molecule has 5 rings (SSSR count). The van der Waals surface area contributed by atoms with Crippen molar-refractivity contribution < 1.29 is 13.9 Å². The quantitative estimate of drug-likeness (QED) is 0.634. The number of aromatic nitrogens is 1. The van der Waals surface area contributed by atoms with E-state index in [1.54, 1.807) is 6.07 Å². The minimum Gasteiger partial charge on any atom is -0.431 e. The lowest BCUT2D eigenvalue weighted by Gasteiger charge is -2.38. The Labute approximate surface area is 177 Å². The number of carbonyl (C=O) groups excluding carboxylic acids is 1. The number of thiazole rings is 1. The molecule has 3 heterocycles. The topological polar surface area (TPSA) is 80.5 Å². The van der Waals surface area contributed by atoms with Crippen molar-refractivity contribution in [2.45, 2.75) is 50.4 Å². The van der Waals surface area contributed by atoms with E-state index in [0.717, 1.165) is 42.5 Å². The molecule has 3 aromatic rings. The fourth-order valence-corrected chi connectivity index (χ4v) is 5.53. The van der Waals surface area contributed by atoms with Crippen LogP contribution in [0, 0.1) is 5.82 Å². The van der Waals surface area contributed by atoms with Crippen molar-refractivity contribution >= 4 is 27.6 Å². The molecule has 2 aliphatic heterocycles. The zero-order valence-electron chi connectivity index (χ0n) is 16.4. The molecule has 3 N–H and O–H groups in total. The number of hydrogen-bond acceptors (Lipinski definition) is 5. The molecule has 0 saturated carbocycles. The lowest BCUT2D eigenvalue weighted by atomic mass is 9.97. The van der Waals surface area contributed by atoms with Gasteiger partial charge in [-0.3, -0.25) is 0 Å². The highest BCUT2D eigenvalue weighted by Crippen LogP contribution is 2.36. The van der Waals surface area contributed by atoms with Gasteiger partial charge >= 0.3 is 6.03 Å². The molecule has 2 aliphatic rings. The molecule has 2 fully saturated rings. The molecule has 2 bridgehead atoms. The first kappa shape index (κ1) is 19.3. The van der Waals surface area contributed by atoms with E-state index >= 15 is 0 Å². The third-order valence-corrected chi connectivity index (χ3v) is 6.96. The molecule has 0 spiro atoms. The lowest BCUT2D eigenvalue weighted by Crippen LogP contribution is -2.53. The maximum atomic E-state index is 13.8. The monoisotopic (exact) mass is 426 g/mol. The Kier molecular flexibility index (Phi) is 5.04. The standard InChI is InChI=1S/C22H23FN4O2S/c23-18-2-1-3-19-20(18)26-22(30-19)29-17-8-4-13(5-9-17)12-25-14-10-15-6-7-16(11-14)27(15)21(24)28/h1-5,8-9,14-16,25H,6-7,10-12H2,(H2,24,28). The number of halogens is 1. The summed E-state index contributed by atoms with van der Waals surface area (Å²) in [4.78, 5) is 17.7. The average Bonchev–Trinajstić information content (AvgIpc) is 3.26. The van der Waals surface area contributed by atoms with Crippen molar-refractivity contribution in [3.05, 3.63) is 53.8 Å². The summed E-state index contributed by atoms with van der Waals surface area (Å²) >= 11 is 1.33. The van der Waals surface area contributed by atoms with Crippen LogP contribution in [-0.2, 0) is 6.54 Å². The van der Waals surface area contributed by atoms with Gasteiger partial charge in [0.05, 0.1) is 4.70 Å². The molecule has 2 amide bonds. The number of primary amides is 1. The number of rotatable bonds is 5. The van der Waals surface area contributed by atoms with E-state index in [4.69, 9.17) is 10.5 Å². The molecule has 0 radical (unpaired) electrons. The molecule has 2 saturated heterocycles. The van der Waals surface area contributed by atoms with Crippen LogP contribution in [0.15, 0.2) is 42.5 Å². The summed E-state index contributed by atoms with van der Waals surface area (Å²) in [7, 11) is 0. The highest BCUT2D eigenvalue weighted by Gasteiger charge is 2.42. The van der Waals surface area contributed by atoms with E-state index in [-0.39, 0.29) is 23.9 Å². The lowest BCUT2D eigenvalue weighted by molar-refractivity contribution is 0.138. The van der Waals surface area contributed by atoms with E-state index in [1.165, 1.54) is 17.4 Å². The molecule has 2 aromatic carbocycles. The van der Waals surface area contributed by atoms with Crippen LogP contribution in [0.4, 0.5) is 9.18 Å². The Bertz CT molecular complexity index is 1060. The molecule has 1 aromatic heterocycles. The van der Waals surface area contributed by atoms with E-state index in [2.05, 4.69) is 10.3 Å². The highest BCUT2D eigenvalue weighted by atomic mass is 32.1. The van der Waals surface area contributed by atoms with Crippen LogP contribution < -0.4 is 15.8 Å². The van der Waals surface area contributed by atoms with Gasteiger partial charge in [-0.2, -0.15) is 4.98 Å². The first-order valence-electron chi connectivity index (χ1n) is 10.2. The minimum absolute atomic E-state index is 0.271. The predicted molar refractivity (Wildman–Crippen MR) is 114 cm³/mol. The fraction of sp³-hybridized carbons (Fsp3) is 0.364. The van der Waals surface area contributed by atoms with Crippen LogP contribution >= 0.6 is 11.3 Å². The van der Waals surface area contributed by atoms with Gasteiger partial charge in [-0.05, 0) is 55.5 Å². The van der Waals surface area contributed by atoms with Gasteiger partial charge in [-0.25, -0.2) is 9.18 Å². The van der Waals surface area contributed by atoms with Gasteiger partial charge in [-0.1, -0.05) is 29.5 Å². The number of nitrogens with one attached hydrogen (secondary N) is 1. The zero-order chi connectivity index (χ0) is 20.7. The van der Waals surface area contributed by atoms with Crippen LogP contribution in [0.25, 0.3) is 10.2 Å². The zero-order valence-corrected chi connectivity index (χ0v) is 17.2. The summed E-state index contributed by atoms with van der Waals surface area (Å²) in [6.07, 6.45) is 4.00. The average molecular weight is 427 g/mol. The predicted octanol–water partition coefficient (Wildman–Crippen LogP) is 4.39. The maximum Gasteiger partial charge on any atom is 0.315 e. The Morgan fingerprint density at radius 2 is 1.93 bits per heavy atom. The summed E-state index contributed by atoms with van der Waals surface area (Å²) in [5.41, 5.74) is 7.03. The molecule has 0 aliphatic carbocycles. The van der Waals surface area contributed by atoms with Crippen molar-refractivity contribution in [2.24, 2.45) is 5.73 Å². The molecule has 2 atom stereocenters. The first-order valence-corrected chi connectivity index (χ1v) is 11.0. The Hall–Kier alpha value is -2.71. The summed E-state index contributed by atoms with van der Waals surface area (Å²) in [5, 5.41) is 4.05. The fourth-order valence-electron chi connectivity index (χ4n) is 4.68. The van der Waals surface area contributed by atoms with Gasteiger partial charge in [0, 0.05) is 24.7 Å². The van der Waals surface area contributed by atoms with Crippen molar-refractivity contribution in [3.8, 4) is 10.9 Å². The van der Waals surface area contributed by atoms with Gasteiger partial charge < -0.3 is 20.7 Å². The molecule has 156 valence electrons. The third kappa shape index (κ3) is 3.73. The van der Waals surface area contributed by atoms with Gasteiger partial charge in [0.25, 0.3) is 5.19 Å². The highest BCUT2D eigenvalue weighted by molar-refractivity contribution is 7.20. The van der Waals surface area contributed by atoms with Gasteiger partial charge in [0.2, 0.25) is 0 Å². The number of carbonyl (C=O) groups is 1. The van der Waals surface area contributed by atoms with Crippen LogP contribution in [0.1, 0.15) is 31.2 Å². The Morgan fingerprint density at radius 1 is 1.20 bits per heavy atom. The number of urea groups is 1. The number of fused-ring (bicyclic) bond motifs is 3. The van der Waals surface area contributed by atoms with Crippen molar-refractivity contribution in [1.82, 2.24) is 15.2 Å². The molecule has 30 heavy (non-hydrogen) atoms. The normalized spacial score (nSPS) is 23.1. The number of amides is 2. The number of nitrogens with zero attached hydrogens (tertiary/aromatic N) is 2. The van der Waals surface area contributed by atoms with E-state index in [9.17, 15) is 9.18 Å². The van der Waals surface area contributed by atoms with Crippen molar-refractivity contribution in [2.75, 3.05) is 0 Å². The largest absolute Gasteiger partial charge is 0.431 e. The Balaban J connectivity index is 1.18. The molecular weight excluding hydrogens is 403 g/mol. The second kappa shape index (κ2) is 7.85. The maximum absolute atomic E-state index is 13.8.